The van der Waals surface area contributed by atoms with Crippen molar-refractivity contribution in [1.82, 2.24) is 20.3 Å². The normalized spacial score (nSPS) is 12.9. The SMILES string of the molecule is COCCOCCCn1nnc2c1-c1ccccc1CN(C(=O)CCC(=O)NCCC(C)(C)OCCC(C)(C)C(=O)C(C)C)c1ccccc1-2. The maximum Gasteiger partial charge on any atom is 0.227 e. The van der Waals surface area contributed by atoms with E-state index in [1.165, 1.54) is 0 Å². The van der Waals surface area contributed by atoms with E-state index in [-0.39, 0.29) is 36.4 Å². The van der Waals surface area contributed by atoms with Gasteiger partial charge in [0.05, 0.1) is 36.7 Å². The first-order valence-electron chi connectivity index (χ1n) is 17.8. The van der Waals surface area contributed by atoms with E-state index in [9.17, 15) is 14.4 Å². The topological polar surface area (TPSA) is 125 Å². The highest BCUT2D eigenvalue weighted by molar-refractivity contribution is 6.01. The number of carbonyl (C=O) groups excluding carboxylic acids is 3. The lowest BCUT2D eigenvalue weighted by Crippen LogP contribution is -2.36. The minimum Gasteiger partial charge on any atom is -0.382 e. The van der Waals surface area contributed by atoms with Crippen LogP contribution in [0.2, 0.25) is 0 Å². The standard InChI is InChI=1S/C39H55N5O6/c1-28(2)37(47)38(3,4)20-24-50-39(5,6)19-21-40-33(45)17-18-34(46)43-27-29-13-8-9-14-30(29)36-35(31-15-10-11-16-32(31)43)41-42-44(36)22-12-23-49-26-25-48-7/h8-11,13-16,28H,12,17-27H2,1-7H3,(H,40,45). The number of para-hydroxylation sites is 1. The number of nitrogens with zero attached hydrogens (tertiary/aromatic N) is 4. The number of aryl methyl sites for hydroxylation is 1. The summed E-state index contributed by atoms with van der Waals surface area (Å²) < 4.78 is 18.8. The van der Waals surface area contributed by atoms with Gasteiger partial charge in [-0.15, -0.1) is 5.10 Å². The fourth-order valence-corrected chi connectivity index (χ4v) is 6.26. The van der Waals surface area contributed by atoms with Gasteiger partial charge < -0.3 is 24.4 Å². The quantitative estimate of drug-likeness (QED) is 0.147. The van der Waals surface area contributed by atoms with E-state index in [0.717, 1.165) is 34.5 Å². The Labute approximate surface area is 297 Å². The number of ether oxygens (including phenoxy) is 3. The third-order valence-electron chi connectivity index (χ3n) is 9.20. The zero-order valence-corrected chi connectivity index (χ0v) is 30.9. The molecule has 0 atom stereocenters. The number of rotatable bonds is 19. The summed E-state index contributed by atoms with van der Waals surface area (Å²) in [4.78, 5) is 41.0. The monoisotopic (exact) mass is 689 g/mol. The van der Waals surface area contributed by atoms with Crippen molar-refractivity contribution >= 4 is 23.3 Å². The number of carbonyl (C=O) groups is 3. The van der Waals surface area contributed by atoms with Gasteiger partial charge in [-0.3, -0.25) is 14.4 Å². The number of benzene rings is 2. The van der Waals surface area contributed by atoms with Crippen molar-refractivity contribution < 1.29 is 28.6 Å². The molecule has 0 radical (unpaired) electrons. The zero-order chi connectivity index (χ0) is 36.3. The molecule has 0 aliphatic carbocycles. The molecule has 1 aliphatic rings. The van der Waals surface area contributed by atoms with Crippen LogP contribution in [-0.2, 0) is 41.7 Å². The van der Waals surface area contributed by atoms with Gasteiger partial charge in [-0.05, 0) is 44.7 Å². The summed E-state index contributed by atoms with van der Waals surface area (Å²) >= 11 is 0. The summed E-state index contributed by atoms with van der Waals surface area (Å²) in [5.41, 5.74) is 4.20. The molecule has 11 nitrogen and oxygen atoms in total. The molecule has 2 heterocycles. The second kappa shape index (κ2) is 17.8. The molecule has 0 spiro atoms. The lowest BCUT2D eigenvalue weighted by atomic mass is 9.80. The Morgan fingerprint density at radius 1 is 0.900 bits per heavy atom. The van der Waals surface area contributed by atoms with Crippen LogP contribution in [0.25, 0.3) is 22.5 Å². The molecule has 0 unspecified atom stereocenters. The number of hydrogen-bond donors (Lipinski definition) is 1. The molecule has 272 valence electrons. The van der Waals surface area contributed by atoms with E-state index >= 15 is 0 Å². The maximum atomic E-state index is 13.9. The molecule has 4 rings (SSSR count). The molecule has 3 aromatic rings. The summed E-state index contributed by atoms with van der Waals surface area (Å²) in [6.07, 6.45) is 2.13. The van der Waals surface area contributed by atoms with E-state index in [4.69, 9.17) is 14.2 Å². The molecule has 1 N–H and O–H groups in total. The van der Waals surface area contributed by atoms with Crippen LogP contribution in [0.1, 0.15) is 79.2 Å². The first-order chi connectivity index (χ1) is 23.8. The largest absolute Gasteiger partial charge is 0.382 e. The number of hydrogen-bond acceptors (Lipinski definition) is 8. The number of methoxy groups -OCH3 is 1. The highest BCUT2D eigenvalue weighted by atomic mass is 16.5. The third kappa shape index (κ3) is 10.3. The average Bonchev–Trinajstić information content (AvgIpc) is 3.49. The van der Waals surface area contributed by atoms with Crippen molar-refractivity contribution in [2.24, 2.45) is 11.3 Å². The first-order valence-corrected chi connectivity index (χ1v) is 17.8. The van der Waals surface area contributed by atoms with Gasteiger partial charge in [0.15, 0.2) is 0 Å². The minimum absolute atomic E-state index is 0.0164. The number of ketones is 1. The third-order valence-corrected chi connectivity index (χ3v) is 9.20. The molecule has 0 saturated carbocycles. The van der Waals surface area contributed by atoms with Gasteiger partial charge >= 0.3 is 0 Å². The van der Waals surface area contributed by atoms with Crippen molar-refractivity contribution in [1.29, 1.82) is 0 Å². The van der Waals surface area contributed by atoms with Gasteiger partial charge in [0.2, 0.25) is 11.8 Å². The van der Waals surface area contributed by atoms with Crippen LogP contribution in [-0.4, -0.2) is 78.3 Å². The Hall–Kier alpha value is -3.93. The number of aromatic nitrogens is 3. The van der Waals surface area contributed by atoms with Gasteiger partial charge in [-0.25, -0.2) is 4.68 Å². The van der Waals surface area contributed by atoms with Crippen molar-refractivity contribution in [3.63, 3.8) is 0 Å². The Bertz CT molecular complexity index is 1600. The maximum absolute atomic E-state index is 13.9. The molecule has 1 aromatic heterocycles. The molecule has 0 saturated heterocycles. The lowest BCUT2D eigenvalue weighted by molar-refractivity contribution is -0.132. The minimum atomic E-state index is -0.472. The van der Waals surface area contributed by atoms with E-state index in [2.05, 4.69) is 15.6 Å². The van der Waals surface area contributed by atoms with E-state index in [1.54, 1.807) is 12.0 Å². The molecule has 2 amide bonds. The van der Waals surface area contributed by atoms with Gasteiger partial charge in [0.25, 0.3) is 0 Å². The van der Waals surface area contributed by atoms with Gasteiger partial charge in [-0.2, -0.15) is 0 Å². The molecule has 50 heavy (non-hydrogen) atoms. The number of anilines is 1. The lowest BCUT2D eigenvalue weighted by Gasteiger charge is -2.30. The number of fused-ring (bicyclic) bond motifs is 5. The number of amides is 2. The molecule has 0 bridgehead atoms. The van der Waals surface area contributed by atoms with Crippen LogP contribution < -0.4 is 10.2 Å². The number of Topliss-reactive ketones (excluding diaryl/α,β-unsaturated/α-hetero) is 1. The van der Waals surface area contributed by atoms with Crippen LogP contribution >= 0.6 is 0 Å². The summed E-state index contributed by atoms with van der Waals surface area (Å²) in [5.74, 6) is -0.117. The smallest absolute Gasteiger partial charge is 0.227 e. The van der Waals surface area contributed by atoms with Gasteiger partial charge in [0, 0.05) is 68.7 Å². The predicted octanol–water partition coefficient (Wildman–Crippen LogP) is 6.23. The number of nitrogens with one attached hydrogen (secondary N) is 1. The van der Waals surface area contributed by atoms with Crippen molar-refractivity contribution in [3.8, 4) is 22.5 Å². The second-order valence-corrected chi connectivity index (χ2v) is 14.5. The highest BCUT2D eigenvalue weighted by Crippen LogP contribution is 2.41. The van der Waals surface area contributed by atoms with Crippen LogP contribution in [0.15, 0.2) is 48.5 Å². The molecule has 2 aromatic carbocycles. The van der Waals surface area contributed by atoms with E-state index < -0.39 is 11.0 Å². The van der Waals surface area contributed by atoms with Crippen molar-refractivity contribution in [3.05, 3.63) is 54.1 Å². The van der Waals surface area contributed by atoms with E-state index in [1.807, 2.05) is 94.8 Å². The van der Waals surface area contributed by atoms with Crippen molar-refractivity contribution in [2.75, 3.05) is 45.0 Å². The van der Waals surface area contributed by atoms with Crippen molar-refractivity contribution in [2.45, 2.75) is 92.3 Å². The van der Waals surface area contributed by atoms with Crippen LogP contribution in [0, 0.1) is 11.3 Å². The fraction of sp³-hybridized carbons (Fsp3) is 0.564. The summed E-state index contributed by atoms with van der Waals surface area (Å²) in [6, 6.07) is 15.8. The molecule has 1 aliphatic heterocycles. The Morgan fingerprint density at radius 2 is 1.62 bits per heavy atom. The molecule has 0 fully saturated rings. The van der Waals surface area contributed by atoms with Gasteiger partial charge in [-0.1, -0.05) is 75.4 Å². The Balaban J connectivity index is 1.38. The summed E-state index contributed by atoms with van der Waals surface area (Å²) in [6.45, 7) is 15.3. The van der Waals surface area contributed by atoms with E-state index in [0.29, 0.717) is 64.6 Å². The van der Waals surface area contributed by atoms with Crippen LogP contribution in [0.5, 0.6) is 0 Å². The summed E-state index contributed by atoms with van der Waals surface area (Å²) in [7, 11) is 1.65. The Morgan fingerprint density at radius 3 is 2.36 bits per heavy atom. The molecule has 11 heteroatoms. The molecular formula is C39H55N5O6. The van der Waals surface area contributed by atoms with Crippen LogP contribution in [0.3, 0.4) is 0 Å². The van der Waals surface area contributed by atoms with Crippen LogP contribution in [0.4, 0.5) is 5.69 Å². The summed E-state index contributed by atoms with van der Waals surface area (Å²) in [5, 5.41) is 12.1. The molecular weight excluding hydrogens is 634 g/mol. The second-order valence-electron chi connectivity index (χ2n) is 14.5. The first kappa shape index (κ1) is 38.9. The van der Waals surface area contributed by atoms with Gasteiger partial charge in [0.1, 0.15) is 11.5 Å². The zero-order valence-electron chi connectivity index (χ0n) is 30.9. The Kier molecular flexibility index (Phi) is 13.9. The fourth-order valence-electron chi connectivity index (χ4n) is 6.26. The average molecular weight is 690 g/mol. The predicted molar refractivity (Wildman–Crippen MR) is 195 cm³/mol. The highest BCUT2D eigenvalue weighted by Gasteiger charge is 2.31.